The van der Waals surface area contributed by atoms with Gasteiger partial charge in [0, 0.05) is 13.1 Å². The van der Waals surface area contributed by atoms with E-state index in [9.17, 15) is 24.0 Å². The van der Waals surface area contributed by atoms with Crippen LogP contribution in [0.3, 0.4) is 0 Å². The molecule has 0 aliphatic carbocycles. The fraction of sp³-hybridized carbons (Fsp3) is 0.800. The van der Waals surface area contributed by atoms with Crippen LogP contribution in [0.5, 0.6) is 0 Å². The summed E-state index contributed by atoms with van der Waals surface area (Å²) in [7, 11) is 0. The Balaban J connectivity index is 3.66. The Labute approximate surface area is 235 Å². The molecule has 232 valence electrons. The largest absolute Gasteiger partial charge is 0.480 e. The van der Waals surface area contributed by atoms with Crippen LogP contribution in [0.1, 0.15) is 46.5 Å². The lowest BCUT2D eigenvalue weighted by molar-refractivity contribution is -0.142. The molecular weight excluding hydrogens is 532 g/mol. The van der Waals surface area contributed by atoms with Gasteiger partial charge in [0.2, 0.25) is 17.7 Å². The van der Waals surface area contributed by atoms with E-state index in [0.29, 0.717) is 6.42 Å². The molecular formula is C25H46N4O11. The molecule has 0 spiro atoms. The molecule has 0 aliphatic rings. The molecule has 15 nitrogen and oxygen atoms in total. The van der Waals surface area contributed by atoms with Crippen LogP contribution in [0.15, 0.2) is 0 Å². The third-order valence-electron chi connectivity index (χ3n) is 5.28. The van der Waals surface area contributed by atoms with Crippen molar-refractivity contribution in [2.75, 3.05) is 65.9 Å². The first-order valence-electron chi connectivity index (χ1n) is 13.4. The molecule has 15 heteroatoms. The van der Waals surface area contributed by atoms with Crippen LogP contribution < -0.4 is 21.3 Å². The third-order valence-corrected chi connectivity index (χ3v) is 5.28. The summed E-state index contributed by atoms with van der Waals surface area (Å²) in [6, 6.07) is -1.77. The highest BCUT2D eigenvalue weighted by Crippen LogP contribution is 2.04. The van der Waals surface area contributed by atoms with Gasteiger partial charge >= 0.3 is 12.1 Å². The standard InChI is InChI=1S/C25H46N4O11/c1-4-5-6-7-19(24(33)34)28-21(31)17-40-15-13-37-10-8-26-20(30)16-39-14-12-38-11-9-27-23(32)22(18(2)3)29-25(35)36/h18-19,22,29H,4-17H2,1-3H3,(H,26,30)(H,27,32)(H,28,31)(H,33,34)(H,35,36). The number of carboxylic acids is 1. The Bertz CT molecular complexity index is 752. The van der Waals surface area contributed by atoms with Crippen molar-refractivity contribution in [2.45, 2.75) is 58.5 Å². The van der Waals surface area contributed by atoms with Crippen LogP contribution >= 0.6 is 0 Å². The molecule has 0 fully saturated rings. The van der Waals surface area contributed by atoms with E-state index in [1.807, 2.05) is 6.92 Å². The number of unbranched alkanes of at least 4 members (excludes halogenated alkanes) is 2. The number of aliphatic carboxylic acids is 1. The molecule has 0 saturated heterocycles. The Morgan fingerprint density at radius 3 is 1.77 bits per heavy atom. The van der Waals surface area contributed by atoms with Crippen LogP contribution in [0.4, 0.5) is 4.79 Å². The summed E-state index contributed by atoms with van der Waals surface area (Å²) in [5, 5.41) is 27.8. The lowest BCUT2D eigenvalue weighted by Crippen LogP contribution is -2.49. The number of carboxylic acid groups (broad SMARTS) is 2. The normalized spacial score (nSPS) is 12.4. The van der Waals surface area contributed by atoms with Gasteiger partial charge in [0.05, 0.1) is 39.6 Å². The zero-order valence-electron chi connectivity index (χ0n) is 23.7. The van der Waals surface area contributed by atoms with Gasteiger partial charge in [-0.05, 0) is 12.3 Å². The SMILES string of the molecule is CCCCCC(NC(=O)COCCOCCNC(=O)COCCOCCNC(=O)C(NC(=O)O)C(C)C)C(=O)O. The molecule has 4 amide bonds. The molecule has 0 radical (unpaired) electrons. The first-order chi connectivity index (χ1) is 19.1. The Kier molecular flexibility index (Phi) is 22.0. The molecule has 0 bridgehead atoms. The Morgan fingerprint density at radius 1 is 0.700 bits per heavy atom. The quantitative estimate of drug-likeness (QED) is 0.0776. The molecule has 0 aromatic rings. The number of ether oxygens (including phenoxy) is 4. The molecule has 2 unspecified atom stereocenters. The first-order valence-corrected chi connectivity index (χ1v) is 13.4. The second-order valence-electron chi connectivity index (χ2n) is 9.10. The molecule has 0 saturated carbocycles. The third kappa shape index (κ3) is 20.9. The number of hydrogen-bond acceptors (Lipinski definition) is 9. The minimum atomic E-state index is -1.27. The smallest absolute Gasteiger partial charge is 0.405 e. The van der Waals surface area contributed by atoms with Crippen molar-refractivity contribution >= 4 is 29.8 Å². The topological polar surface area (TPSA) is 211 Å². The molecule has 40 heavy (non-hydrogen) atoms. The van der Waals surface area contributed by atoms with E-state index in [2.05, 4.69) is 21.3 Å². The monoisotopic (exact) mass is 578 g/mol. The highest BCUT2D eigenvalue weighted by Gasteiger charge is 2.23. The second kappa shape index (κ2) is 23.8. The van der Waals surface area contributed by atoms with Crippen LogP contribution in [-0.4, -0.2) is 118 Å². The summed E-state index contributed by atoms with van der Waals surface area (Å²) < 4.78 is 21.0. The average molecular weight is 579 g/mol. The number of carbonyl (C=O) groups is 5. The van der Waals surface area contributed by atoms with E-state index < -0.39 is 36.0 Å². The molecule has 0 rings (SSSR count). The van der Waals surface area contributed by atoms with Crippen LogP contribution in [0, 0.1) is 5.92 Å². The lowest BCUT2D eigenvalue weighted by Gasteiger charge is -2.19. The van der Waals surface area contributed by atoms with Crippen LogP contribution in [-0.2, 0) is 38.1 Å². The summed E-state index contributed by atoms with van der Waals surface area (Å²) in [6.07, 6.45) is 1.68. The maximum atomic E-state index is 12.0. The van der Waals surface area contributed by atoms with Crippen molar-refractivity contribution in [2.24, 2.45) is 5.92 Å². The van der Waals surface area contributed by atoms with E-state index in [1.54, 1.807) is 13.8 Å². The minimum absolute atomic E-state index is 0.138. The summed E-state index contributed by atoms with van der Waals surface area (Å²) in [6.45, 7) is 6.65. The number of carbonyl (C=O) groups excluding carboxylic acids is 3. The fourth-order valence-corrected chi connectivity index (χ4v) is 3.20. The molecule has 0 aromatic heterocycles. The van der Waals surface area contributed by atoms with Gasteiger partial charge in [0.15, 0.2) is 0 Å². The van der Waals surface area contributed by atoms with Gasteiger partial charge in [-0.3, -0.25) is 14.4 Å². The molecule has 0 aromatic carbocycles. The van der Waals surface area contributed by atoms with Gasteiger partial charge in [-0.25, -0.2) is 9.59 Å². The van der Waals surface area contributed by atoms with Gasteiger partial charge < -0.3 is 50.4 Å². The molecule has 0 heterocycles. The minimum Gasteiger partial charge on any atom is -0.480 e. The van der Waals surface area contributed by atoms with E-state index in [0.717, 1.165) is 19.3 Å². The van der Waals surface area contributed by atoms with Crippen LogP contribution in [0.2, 0.25) is 0 Å². The number of rotatable bonds is 25. The summed E-state index contributed by atoms with van der Waals surface area (Å²) in [4.78, 5) is 57.5. The average Bonchev–Trinajstić information content (AvgIpc) is 2.89. The van der Waals surface area contributed by atoms with E-state index in [1.165, 1.54) is 0 Å². The predicted octanol–water partition coefficient (Wildman–Crippen LogP) is -0.273. The Morgan fingerprint density at radius 2 is 1.25 bits per heavy atom. The van der Waals surface area contributed by atoms with E-state index >= 15 is 0 Å². The number of nitrogens with one attached hydrogen (secondary N) is 4. The first kappa shape index (κ1) is 37.0. The van der Waals surface area contributed by atoms with Crippen molar-refractivity contribution in [1.29, 1.82) is 0 Å². The zero-order chi connectivity index (χ0) is 30.2. The predicted molar refractivity (Wildman–Crippen MR) is 143 cm³/mol. The second-order valence-corrected chi connectivity index (χ2v) is 9.10. The van der Waals surface area contributed by atoms with Crippen molar-refractivity contribution in [3.8, 4) is 0 Å². The summed E-state index contributed by atoms with van der Waals surface area (Å²) >= 11 is 0. The van der Waals surface area contributed by atoms with Crippen molar-refractivity contribution in [1.82, 2.24) is 21.3 Å². The maximum Gasteiger partial charge on any atom is 0.405 e. The van der Waals surface area contributed by atoms with E-state index in [4.69, 9.17) is 29.2 Å². The summed E-state index contributed by atoms with van der Waals surface area (Å²) in [5.41, 5.74) is 0. The van der Waals surface area contributed by atoms with Gasteiger partial charge in [-0.2, -0.15) is 0 Å². The van der Waals surface area contributed by atoms with Crippen LogP contribution in [0.25, 0.3) is 0 Å². The number of hydrogen-bond donors (Lipinski definition) is 6. The molecule has 0 aliphatic heterocycles. The fourth-order valence-electron chi connectivity index (χ4n) is 3.20. The molecule has 6 N–H and O–H groups in total. The van der Waals surface area contributed by atoms with E-state index in [-0.39, 0.29) is 77.8 Å². The lowest BCUT2D eigenvalue weighted by atomic mass is 10.0. The zero-order valence-corrected chi connectivity index (χ0v) is 23.7. The van der Waals surface area contributed by atoms with Gasteiger partial charge in [0.25, 0.3) is 0 Å². The maximum absolute atomic E-state index is 12.0. The van der Waals surface area contributed by atoms with Crippen molar-refractivity contribution in [3.05, 3.63) is 0 Å². The molecule has 2 atom stereocenters. The highest BCUT2D eigenvalue weighted by atomic mass is 16.5. The van der Waals surface area contributed by atoms with Gasteiger partial charge in [-0.15, -0.1) is 0 Å². The number of amides is 4. The highest BCUT2D eigenvalue weighted by molar-refractivity contribution is 5.85. The van der Waals surface area contributed by atoms with Gasteiger partial charge in [0.1, 0.15) is 25.3 Å². The van der Waals surface area contributed by atoms with Gasteiger partial charge in [-0.1, -0.05) is 40.0 Å². The Hall–Kier alpha value is -3.01. The van der Waals surface area contributed by atoms with Crippen molar-refractivity contribution < 1.29 is 53.1 Å². The van der Waals surface area contributed by atoms with Crippen molar-refractivity contribution in [3.63, 3.8) is 0 Å². The summed E-state index contributed by atoms with van der Waals surface area (Å²) in [5.74, 6) is -2.54.